The fraction of sp³-hybridized carbons (Fsp3) is 0.550. The van der Waals surface area contributed by atoms with Gasteiger partial charge in [0.25, 0.3) is 0 Å². The van der Waals surface area contributed by atoms with Crippen molar-refractivity contribution in [3.05, 3.63) is 34.5 Å². The van der Waals surface area contributed by atoms with Gasteiger partial charge in [0.2, 0.25) is 0 Å². The summed E-state index contributed by atoms with van der Waals surface area (Å²) in [6.45, 7) is 9.87. The number of nitrogens with zero attached hydrogens (tertiary/aromatic N) is 1. The second kappa shape index (κ2) is 9.42. The number of fused-ring (bicyclic) bond motifs is 1. The first-order valence-electron chi connectivity index (χ1n) is 9.02. The predicted octanol–water partition coefficient (Wildman–Crippen LogP) is 5.75. The van der Waals surface area contributed by atoms with Crippen molar-refractivity contribution < 1.29 is 18.7 Å². The van der Waals surface area contributed by atoms with Gasteiger partial charge in [0.05, 0.1) is 6.61 Å². The number of halogens is 1. The van der Waals surface area contributed by atoms with Crippen molar-refractivity contribution in [1.82, 2.24) is 4.90 Å². The molecule has 0 atom stereocenters. The van der Waals surface area contributed by atoms with Crippen LogP contribution < -0.4 is 0 Å². The molecule has 0 radical (unpaired) electrons. The van der Waals surface area contributed by atoms with Crippen LogP contribution in [0.1, 0.15) is 46.1 Å². The minimum Gasteiger partial charge on any atom is -0.449 e. The number of hydrogen-bond acceptors (Lipinski definition) is 4. The maximum atomic E-state index is 12.6. The summed E-state index contributed by atoms with van der Waals surface area (Å²) in [6, 6.07) is 7.87. The van der Waals surface area contributed by atoms with Gasteiger partial charge in [-0.3, -0.25) is 0 Å². The lowest BCUT2D eigenvalue weighted by Gasteiger charge is -2.27. The highest BCUT2D eigenvalue weighted by Crippen LogP contribution is 2.25. The molecule has 0 saturated carbocycles. The normalized spacial score (nSPS) is 11.7. The quantitative estimate of drug-likeness (QED) is 0.505. The molecule has 0 fully saturated rings. The number of rotatable bonds is 8. The number of carbonyl (C=O) groups excluding carboxylic acids is 1. The molecule has 2 rings (SSSR count). The van der Waals surface area contributed by atoms with Crippen LogP contribution in [0.4, 0.5) is 4.79 Å². The van der Waals surface area contributed by atoms with Crippen LogP contribution >= 0.6 is 15.9 Å². The summed E-state index contributed by atoms with van der Waals surface area (Å²) in [5, 5.41) is 1.02. The lowest BCUT2D eigenvalue weighted by Crippen LogP contribution is -2.38. The van der Waals surface area contributed by atoms with Gasteiger partial charge in [-0.25, -0.2) is 4.79 Å². The van der Waals surface area contributed by atoms with Crippen molar-refractivity contribution >= 4 is 33.0 Å². The minimum atomic E-state index is -0.534. The van der Waals surface area contributed by atoms with E-state index in [0.29, 0.717) is 31.0 Å². The van der Waals surface area contributed by atoms with Gasteiger partial charge in [-0.2, -0.15) is 0 Å². The van der Waals surface area contributed by atoms with Crippen LogP contribution in [0.5, 0.6) is 0 Å². The Labute approximate surface area is 163 Å². The standard InChI is InChI=1S/C20H28BrNO4/c1-5-6-10-24-11-9-22(19(23)26-20(2,3)4)14-15-7-8-16-13-18(21)25-17(16)12-15/h7-8,12-13H,5-6,9-11,14H2,1-4H3. The van der Waals surface area contributed by atoms with E-state index >= 15 is 0 Å². The Hall–Kier alpha value is -1.53. The summed E-state index contributed by atoms with van der Waals surface area (Å²) in [7, 11) is 0. The number of furan rings is 1. The Kier molecular flexibility index (Phi) is 7.53. The zero-order valence-corrected chi connectivity index (χ0v) is 17.6. The van der Waals surface area contributed by atoms with E-state index in [1.54, 1.807) is 4.90 Å². The topological polar surface area (TPSA) is 51.9 Å². The summed E-state index contributed by atoms with van der Waals surface area (Å²) in [6.07, 6.45) is 1.78. The molecule has 6 heteroatoms. The molecule has 1 amide bonds. The smallest absolute Gasteiger partial charge is 0.410 e. The van der Waals surface area contributed by atoms with Crippen LogP contribution in [0.2, 0.25) is 0 Å². The fourth-order valence-corrected chi connectivity index (χ4v) is 2.87. The van der Waals surface area contributed by atoms with E-state index in [1.165, 1.54) is 0 Å². The van der Waals surface area contributed by atoms with Crippen molar-refractivity contribution in [2.75, 3.05) is 19.8 Å². The van der Waals surface area contributed by atoms with Crippen LogP contribution in [0.25, 0.3) is 11.0 Å². The van der Waals surface area contributed by atoms with Gasteiger partial charge < -0.3 is 18.8 Å². The van der Waals surface area contributed by atoms with Gasteiger partial charge in [-0.1, -0.05) is 25.5 Å². The second-order valence-electron chi connectivity index (χ2n) is 7.29. The highest BCUT2D eigenvalue weighted by atomic mass is 79.9. The molecule has 26 heavy (non-hydrogen) atoms. The molecule has 0 saturated heterocycles. The zero-order valence-electron chi connectivity index (χ0n) is 16.0. The van der Waals surface area contributed by atoms with E-state index in [9.17, 15) is 4.79 Å². The SMILES string of the molecule is CCCCOCCN(Cc1ccc2cc(Br)oc2c1)C(=O)OC(C)(C)C. The number of ether oxygens (including phenoxy) is 2. The third kappa shape index (κ3) is 6.65. The van der Waals surface area contributed by atoms with Crippen molar-refractivity contribution in [3.8, 4) is 0 Å². The summed E-state index contributed by atoms with van der Waals surface area (Å²) < 4.78 is 17.5. The van der Waals surface area contributed by atoms with E-state index in [4.69, 9.17) is 13.9 Å². The molecular formula is C20H28BrNO4. The molecule has 0 aliphatic rings. The summed E-state index contributed by atoms with van der Waals surface area (Å²) in [4.78, 5) is 14.2. The van der Waals surface area contributed by atoms with Crippen molar-refractivity contribution in [3.63, 3.8) is 0 Å². The molecule has 0 N–H and O–H groups in total. The molecule has 0 aliphatic heterocycles. The molecular weight excluding hydrogens is 398 g/mol. The van der Waals surface area contributed by atoms with Gasteiger partial charge in [0, 0.05) is 25.1 Å². The largest absolute Gasteiger partial charge is 0.449 e. The van der Waals surface area contributed by atoms with Crippen LogP contribution in [-0.2, 0) is 16.0 Å². The van der Waals surface area contributed by atoms with Gasteiger partial charge >= 0.3 is 6.09 Å². The predicted molar refractivity (Wildman–Crippen MR) is 106 cm³/mol. The monoisotopic (exact) mass is 425 g/mol. The first-order chi connectivity index (χ1) is 12.3. The molecule has 0 spiro atoms. The number of hydrogen-bond donors (Lipinski definition) is 0. The highest BCUT2D eigenvalue weighted by Gasteiger charge is 2.22. The van der Waals surface area contributed by atoms with Gasteiger partial charge in [0.15, 0.2) is 4.67 Å². The fourth-order valence-electron chi connectivity index (χ4n) is 2.45. The van der Waals surface area contributed by atoms with Gasteiger partial charge in [-0.15, -0.1) is 0 Å². The third-order valence-corrected chi connectivity index (χ3v) is 4.12. The summed E-state index contributed by atoms with van der Waals surface area (Å²) >= 11 is 3.34. The number of amides is 1. The first-order valence-corrected chi connectivity index (χ1v) is 9.81. The molecule has 1 aromatic carbocycles. The van der Waals surface area contributed by atoms with Crippen molar-refractivity contribution in [2.24, 2.45) is 0 Å². The van der Waals surface area contributed by atoms with Crippen LogP contribution in [0.15, 0.2) is 33.4 Å². The Balaban J connectivity index is 2.06. The van der Waals surface area contributed by atoms with Crippen molar-refractivity contribution in [1.29, 1.82) is 0 Å². The number of carbonyl (C=O) groups is 1. The second-order valence-corrected chi connectivity index (χ2v) is 8.07. The van der Waals surface area contributed by atoms with E-state index in [1.807, 2.05) is 45.0 Å². The summed E-state index contributed by atoms with van der Waals surface area (Å²) in [5.74, 6) is 0. The van der Waals surface area contributed by atoms with E-state index in [-0.39, 0.29) is 6.09 Å². The maximum absolute atomic E-state index is 12.6. The van der Waals surface area contributed by atoms with Crippen LogP contribution in [0.3, 0.4) is 0 Å². The van der Waals surface area contributed by atoms with Crippen molar-refractivity contribution in [2.45, 2.75) is 52.7 Å². The molecule has 5 nitrogen and oxygen atoms in total. The number of unbranched alkanes of at least 4 members (excludes halogenated alkanes) is 1. The molecule has 144 valence electrons. The van der Waals surface area contributed by atoms with E-state index in [2.05, 4.69) is 22.9 Å². The van der Waals surface area contributed by atoms with E-state index in [0.717, 1.165) is 29.4 Å². The Morgan fingerprint density at radius 1 is 1.23 bits per heavy atom. The van der Waals surface area contributed by atoms with Gasteiger partial charge in [-0.05, 0) is 60.8 Å². The molecule has 1 aromatic heterocycles. The first kappa shape index (κ1) is 20.8. The number of benzene rings is 1. The van der Waals surface area contributed by atoms with Crippen LogP contribution in [0, 0.1) is 0 Å². The van der Waals surface area contributed by atoms with Gasteiger partial charge in [0.1, 0.15) is 11.2 Å². The molecule has 0 bridgehead atoms. The molecule has 2 aromatic rings. The van der Waals surface area contributed by atoms with Crippen LogP contribution in [-0.4, -0.2) is 36.4 Å². The average Bonchev–Trinajstić information content (AvgIpc) is 2.91. The summed E-state index contributed by atoms with van der Waals surface area (Å²) in [5.41, 5.74) is 1.24. The Bertz CT molecular complexity index is 720. The molecule has 0 unspecified atom stereocenters. The Morgan fingerprint density at radius 3 is 2.69 bits per heavy atom. The molecule has 1 heterocycles. The van der Waals surface area contributed by atoms with E-state index < -0.39 is 5.60 Å². The zero-order chi connectivity index (χ0) is 19.2. The lowest BCUT2D eigenvalue weighted by molar-refractivity contribution is 0.0155. The average molecular weight is 426 g/mol. The lowest BCUT2D eigenvalue weighted by atomic mass is 10.1. The Morgan fingerprint density at radius 2 is 2.00 bits per heavy atom. The minimum absolute atomic E-state index is 0.336. The molecule has 0 aliphatic carbocycles. The third-order valence-electron chi connectivity index (χ3n) is 3.73. The maximum Gasteiger partial charge on any atom is 0.410 e. The highest BCUT2D eigenvalue weighted by molar-refractivity contribution is 9.10.